The molecular weight excluding hydrogens is 278 g/mol. The summed E-state index contributed by atoms with van der Waals surface area (Å²) in [7, 11) is -3.64. The van der Waals surface area contributed by atoms with Gasteiger partial charge in [-0.1, -0.05) is 12.1 Å². The Bertz CT molecular complexity index is 538. The second kappa shape index (κ2) is 7.37. The first-order chi connectivity index (χ1) is 9.29. The Morgan fingerprint density at radius 2 is 1.85 bits per heavy atom. The number of hydrogen-bond acceptors (Lipinski definition) is 4. The van der Waals surface area contributed by atoms with Gasteiger partial charge in [-0.05, 0) is 44.5 Å². The van der Waals surface area contributed by atoms with E-state index in [1.165, 1.54) is 12.1 Å². The van der Waals surface area contributed by atoms with Crippen LogP contribution in [0.4, 0.5) is 0 Å². The van der Waals surface area contributed by atoms with Crippen molar-refractivity contribution in [1.82, 2.24) is 10.6 Å². The Morgan fingerprint density at radius 1 is 1.25 bits per heavy atom. The first kappa shape index (κ1) is 16.6. The van der Waals surface area contributed by atoms with Crippen LogP contribution in [0.5, 0.6) is 0 Å². The molecule has 0 aliphatic rings. The molecule has 1 rings (SSSR count). The second-order valence-electron chi connectivity index (χ2n) is 4.84. The lowest BCUT2D eigenvalue weighted by atomic mass is 10.1. The molecule has 7 heteroatoms. The highest BCUT2D eigenvalue weighted by Crippen LogP contribution is 2.08. The topological polar surface area (TPSA) is 101 Å². The number of hydrogen-bond donors (Lipinski definition) is 3. The van der Waals surface area contributed by atoms with Crippen molar-refractivity contribution in [3.63, 3.8) is 0 Å². The Hall–Kier alpha value is -1.44. The number of amides is 1. The van der Waals surface area contributed by atoms with Crippen LogP contribution in [0.25, 0.3) is 0 Å². The van der Waals surface area contributed by atoms with Gasteiger partial charge in [0.25, 0.3) is 0 Å². The molecule has 0 fully saturated rings. The van der Waals surface area contributed by atoms with Crippen molar-refractivity contribution in [3.05, 3.63) is 29.8 Å². The van der Waals surface area contributed by atoms with E-state index >= 15 is 0 Å². The summed E-state index contributed by atoms with van der Waals surface area (Å²) >= 11 is 0. The third-order valence-corrected chi connectivity index (χ3v) is 3.51. The number of carbonyl (C=O) groups excluding carboxylic acids is 1. The molecule has 112 valence electrons. The van der Waals surface area contributed by atoms with E-state index in [1.807, 2.05) is 13.8 Å². The highest BCUT2D eigenvalue weighted by molar-refractivity contribution is 7.89. The Kier molecular flexibility index (Phi) is 6.12. The van der Waals surface area contributed by atoms with E-state index in [9.17, 15) is 13.2 Å². The van der Waals surface area contributed by atoms with E-state index < -0.39 is 10.0 Å². The maximum absolute atomic E-state index is 11.4. The van der Waals surface area contributed by atoms with Crippen molar-refractivity contribution in [2.45, 2.75) is 31.2 Å². The van der Waals surface area contributed by atoms with Crippen molar-refractivity contribution in [2.24, 2.45) is 5.14 Å². The first-order valence-corrected chi connectivity index (χ1v) is 7.95. The lowest BCUT2D eigenvalue weighted by Crippen LogP contribution is -2.38. The van der Waals surface area contributed by atoms with Crippen molar-refractivity contribution in [1.29, 1.82) is 0 Å². The Morgan fingerprint density at radius 3 is 2.35 bits per heavy atom. The molecule has 0 bridgehead atoms. The number of nitrogens with one attached hydrogen (secondary N) is 2. The third-order valence-electron chi connectivity index (χ3n) is 2.58. The molecule has 0 aromatic heterocycles. The van der Waals surface area contributed by atoms with Crippen LogP contribution in [0.1, 0.15) is 19.4 Å². The maximum Gasteiger partial charge on any atom is 0.238 e. The van der Waals surface area contributed by atoms with Crippen molar-refractivity contribution >= 4 is 15.9 Å². The summed E-state index contributed by atoms with van der Waals surface area (Å²) in [5.74, 6) is -0.0374. The molecule has 0 saturated carbocycles. The summed E-state index contributed by atoms with van der Waals surface area (Å²) < 4.78 is 22.2. The first-order valence-electron chi connectivity index (χ1n) is 6.41. The van der Waals surface area contributed by atoms with Crippen LogP contribution in [-0.4, -0.2) is 33.5 Å². The molecule has 6 nitrogen and oxygen atoms in total. The summed E-state index contributed by atoms with van der Waals surface area (Å²) in [6.07, 6.45) is 0.708. The summed E-state index contributed by atoms with van der Waals surface area (Å²) in [5, 5.41) is 10.8. The lowest BCUT2D eigenvalue weighted by Gasteiger charge is -2.09. The van der Waals surface area contributed by atoms with E-state index in [0.29, 0.717) is 13.0 Å². The Labute approximate surface area is 119 Å². The van der Waals surface area contributed by atoms with Gasteiger partial charge in [-0.2, -0.15) is 0 Å². The zero-order valence-corrected chi connectivity index (χ0v) is 12.5. The number of benzene rings is 1. The van der Waals surface area contributed by atoms with Crippen molar-refractivity contribution in [2.75, 3.05) is 13.1 Å². The molecule has 0 aliphatic carbocycles. The quantitative estimate of drug-likeness (QED) is 0.616. The Balaban J connectivity index is 2.34. The minimum atomic E-state index is -3.64. The van der Waals surface area contributed by atoms with Crippen LogP contribution in [0.15, 0.2) is 29.2 Å². The predicted octanol–water partition coefficient (Wildman–Crippen LogP) is -0.00930. The fraction of sp³-hybridized carbons (Fsp3) is 0.462. The fourth-order valence-corrected chi connectivity index (χ4v) is 2.17. The van der Waals surface area contributed by atoms with Gasteiger partial charge in [-0.15, -0.1) is 0 Å². The van der Waals surface area contributed by atoms with Crippen LogP contribution in [-0.2, 0) is 21.2 Å². The number of sulfonamides is 1. The molecule has 0 unspecified atom stereocenters. The van der Waals surface area contributed by atoms with Crippen LogP contribution >= 0.6 is 0 Å². The number of primary sulfonamides is 1. The van der Waals surface area contributed by atoms with Crippen LogP contribution < -0.4 is 15.8 Å². The highest BCUT2D eigenvalue weighted by Gasteiger charge is 2.06. The zero-order chi connectivity index (χ0) is 15.2. The second-order valence-corrected chi connectivity index (χ2v) is 6.40. The van der Waals surface area contributed by atoms with E-state index in [2.05, 4.69) is 10.6 Å². The van der Waals surface area contributed by atoms with Crippen LogP contribution in [0.3, 0.4) is 0 Å². The SMILES string of the molecule is CC(C)NC(=O)CNCCc1ccc(S(N)(=O)=O)cc1. The van der Waals surface area contributed by atoms with Gasteiger partial charge in [-0.3, -0.25) is 4.79 Å². The molecule has 0 atom stereocenters. The molecule has 0 aliphatic heterocycles. The molecule has 0 saturated heterocycles. The smallest absolute Gasteiger partial charge is 0.238 e. The van der Waals surface area contributed by atoms with E-state index in [4.69, 9.17) is 5.14 Å². The summed E-state index contributed by atoms with van der Waals surface area (Å²) in [6, 6.07) is 6.53. The van der Waals surface area contributed by atoms with Crippen molar-refractivity contribution < 1.29 is 13.2 Å². The van der Waals surface area contributed by atoms with Gasteiger partial charge in [0.2, 0.25) is 15.9 Å². The van der Waals surface area contributed by atoms with Crippen LogP contribution in [0, 0.1) is 0 Å². The average molecular weight is 299 g/mol. The normalized spacial score (nSPS) is 11.6. The largest absolute Gasteiger partial charge is 0.353 e. The standard InChI is InChI=1S/C13H21N3O3S/c1-10(2)16-13(17)9-15-8-7-11-3-5-12(6-4-11)20(14,18)19/h3-6,10,15H,7-9H2,1-2H3,(H,16,17)(H2,14,18,19). The lowest BCUT2D eigenvalue weighted by molar-refractivity contribution is -0.120. The van der Waals surface area contributed by atoms with E-state index in [1.54, 1.807) is 12.1 Å². The summed E-state index contributed by atoms with van der Waals surface area (Å²) in [4.78, 5) is 11.5. The van der Waals surface area contributed by atoms with Gasteiger partial charge in [0.05, 0.1) is 11.4 Å². The van der Waals surface area contributed by atoms with Gasteiger partial charge in [0, 0.05) is 6.04 Å². The van der Waals surface area contributed by atoms with Gasteiger partial charge in [0.15, 0.2) is 0 Å². The highest BCUT2D eigenvalue weighted by atomic mass is 32.2. The van der Waals surface area contributed by atoms with Crippen molar-refractivity contribution in [3.8, 4) is 0 Å². The molecule has 1 amide bonds. The molecule has 4 N–H and O–H groups in total. The molecule has 0 spiro atoms. The maximum atomic E-state index is 11.4. The summed E-state index contributed by atoms with van der Waals surface area (Å²) in [5.41, 5.74) is 0.981. The van der Waals surface area contributed by atoms with Gasteiger partial charge in [-0.25, -0.2) is 13.6 Å². The van der Waals surface area contributed by atoms with Crippen LogP contribution in [0.2, 0.25) is 0 Å². The average Bonchev–Trinajstić information content (AvgIpc) is 2.33. The van der Waals surface area contributed by atoms with E-state index in [0.717, 1.165) is 5.56 Å². The fourth-order valence-electron chi connectivity index (χ4n) is 1.65. The molecule has 0 heterocycles. The minimum Gasteiger partial charge on any atom is -0.353 e. The van der Waals surface area contributed by atoms with E-state index in [-0.39, 0.29) is 23.4 Å². The third kappa shape index (κ3) is 6.14. The summed E-state index contributed by atoms with van der Waals surface area (Å²) in [6.45, 7) is 4.73. The minimum absolute atomic E-state index is 0.0374. The number of nitrogens with two attached hydrogens (primary N) is 1. The zero-order valence-electron chi connectivity index (χ0n) is 11.7. The molecular formula is C13H21N3O3S. The van der Waals surface area contributed by atoms with Gasteiger partial charge >= 0.3 is 0 Å². The number of carbonyl (C=O) groups is 1. The molecule has 0 radical (unpaired) electrons. The molecule has 1 aromatic carbocycles. The van der Waals surface area contributed by atoms with Gasteiger partial charge < -0.3 is 10.6 Å². The monoisotopic (exact) mass is 299 g/mol. The predicted molar refractivity (Wildman–Crippen MR) is 77.7 cm³/mol. The van der Waals surface area contributed by atoms with Gasteiger partial charge in [0.1, 0.15) is 0 Å². The molecule has 1 aromatic rings. The number of rotatable bonds is 7. The molecule has 20 heavy (non-hydrogen) atoms.